The second-order valence-electron chi connectivity index (χ2n) is 9.62. The number of rotatable bonds is 5. The highest BCUT2D eigenvalue weighted by atomic mass is 16.6. The summed E-state index contributed by atoms with van der Waals surface area (Å²) in [5.41, 5.74) is 4.52. The van der Waals surface area contributed by atoms with Crippen LogP contribution in [-0.4, -0.2) is 41.8 Å². The van der Waals surface area contributed by atoms with Gasteiger partial charge in [-0.3, -0.25) is 0 Å². The molecule has 0 bridgehead atoms. The summed E-state index contributed by atoms with van der Waals surface area (Å²) >= 11 is 0. The van der Waals surface area contributed by atoms with Crippen LogP contribution in [0.1, 0.15) is 57.7 Å². The van der Waals surface area contributed by atoms with Gasteiger partial charge in [0.25, 0.3) is 0 Å². The van der Waals surface area contributed by atoms with Crippen LogP contribution in [0.3, 0.4) is 0 Å². The van der Waals surface area contributed by atoms with E-state index in [1.807, 2.05) is 52.0 Å². The fourth-order valence-electron chi connectivity index (χ4n) is 4.36. The molecule has 6 heteroatoms. The number of carbonyl (C=O) groups is 2. The van der Waals surface area contributed by atoms with Gasteiger partial charge in [-0.2, -0.15) is 0 Å². The van der Waals surface area contributed by atoms with E-state index in [2.05, 4.69) is 42.3 Å². The molecule has 1 atom stereocenters. The number of imide groups is 1. The smallest absolute Gasteiger partial charge is 0.418 e. The molecule has 1 aliphatic rings. The van der Waals surface area contributed by atoms with Crippen LogP contribution in [0.2, 0.25) is 0 Å². The molecule has 6 nitrogen and oxygen atoms in total. The Balaban J connectivity index is 1.85. The monoisotopic (exact) mass is 451 g/mol. The van der Waals surface area contributed by atoms with E-state index in [0.29, 0.717) is 18.5 Å². The molecule has 3 amide bonds. The van der Waals surface area contributed by atoms with Gasteiger partial charge in [0, 0.05) is 30.5 Å². The fraction of sp³-hybridized carbons (Fsp3) is 0.481. The van der Waals surface area contributed by atoms with Crippen molar-refractivity contribution in [1.82, 2.24) is 4.90 Å². The lowest BCUT2D eigenvalue weighted by atomic mass is 9.88. The molecule has 0 aromatic heterocycles. The van der Waals surface area contributed by atoms with Gasteiger partial charge in [-0.05, 0) is 95.7 Å². The number of aryl methyl sites for hydroxylation is 2. The quantitative estimate of drug-likeness (QED) is 0.591. The van der Waals surface area contributed by atoms with Gasteiger partial charge in [0.05, 0.1) is 0 Å². The topological polar surface area (TPSA) is 61.9 Å². The van der Waals surface area contributed by atoms with Gasteiger partial charge in [0.2, 0.25) is 0 Å². The van der Waals surface area contributed by atoms with Crippen molar-refractivity contribution >= 4 is 23.5 Å². The van der Waals surface area contributed by atoms with Crippen molar-refractivity contribution in [1.29, 1.82) is 0 Å². The van der Waals surface area contributed by atoms with Gasteiger partial charge < -0.3 is 15.0 Å². The minimum atomic E-state index is -0.691. The van der Waals surface area contributed by atoms with E-state index < -0.39 is 17.7 Å². The number of ether oxygens (including phenoxy) is 1. The van der Waals surface area contributed by atoms with Gasteiger partial charge >= 0.3 is 12.1 Å². The molecule has 2 aromatic rings. The van der Waals surface area contributed by atoms with Crippen molar-refractivity contribution in [2.75, 3.05) is 23.3 Å². The molecule has 0 spiro atoms. The summed E-state index contributed by atoms with van der Waals surface area (Å²) < 4.78 is 5.63. The van der Waals surface area contributed by atoms with Crippen molar-refractivity contribution in [2.24, 2.45) is 0 Å². The summed E-state index contributed by atoms with van der Waals surface area (Å²) in [6, 6.07) is 13.5. The molecule has 178 valence electrons. The van der Waals surface area contributed by atoms with Crippen LogP contribution < -0.4 is 10.2 Å². The largest absolute Gasteiger partial charge is 0.443 e. The standard InChI is InChI=1S/C27H37N3O3/c1-7-29(8-2)22-15-16-24(19(3)17-22)28-25(31)30(26(32)33-27(4,5)6)23-14-13-20-11-9-10-12-21(20)18-23/h9-12,15-17,23H,7-8,13-14,18H2,1-6H3,(H,28,31). The summed E-state index contributed by atoms with van der Waals surface area (Å²) in [5.74, 6) is 0. The first-order chi connectivity index (χ1) is 15.6. The Kier molecular flexibility index (Phi) is 7.67. The Morgan fingerprint density at radius 2 is 1.73 bits per heavy atom. The lowest BCUT2D eigenvalue weighted by molar-refractivity contribution is 0.0255. The molecule has 2 aromatic carbocycles. The fourth-order valence-corrected chi connectivity index (χ4v) is 4.36. The van der Waals surface area contributed by atoms with Crippen molar-refractivity contribution < 1.29 is 14.3 Å². The van der Waals surface area contributed by atoms with Crippen molar-refractivity contribution in [2.45, 2.75) is 72.4 Å². The first-order valence-corrected chi connectivity index (χ1v) is 11.9. The van der Waals surface area contributed by atoms with Crippen LogP contribution in [0.4, 0.5) is 21.0 Å². The molecular formula is C27H37N3O3. The van der Waals surface area contributed by atoms with E-state index in [9.17, 15) is 9.59 Å². The number of hydrogen-bond donors (Lipinski definition) is 1. The van der Waals surface area contributed by atoms with Gasteiger partial charge in [-0.25, -0.2) is 14.5 Å². The number of fused-ring (bicyclic) bond motifs is 1. The zero-order chi connectivity index (χ0) is 24.2. The summed E-state index contributed by atoms with van der Waals surface area (Å²) in [4.78, 5) is 30.1. The predicted octanol–water partition coefficient (Wildman–Crippen LogP) is 6.17. The first kappa shape index (κ1) is 24.6. The third kappa shape index (κ3) is 6.06. The maximum atomic E-state index is 13.4. The third-order valence-electron chi connectivity index (χ3n) is 6.08. The van der Waals surface area contributed by atoms with Crippen LogP contribution in [0.5, 0.6) is 0 Å². The van der Waals surface area contributed by atoms with Crippen LogP contribution >= 0.6 is 0 Å². The van der Waals surface area contributed by atoms with E-state index in [-0.39, 0.29) is 6.04 Å². The summed E-state index contributed by atoms with van der Waals surface area (Å²) in [6.07, 6.45) is 1.55. The Hall–Kier alpha value is -3.02. The number of benzene rings is 2. The number of carbonyl (C=O) groups excluding carboxylic acids is 2. The molecule has 1 aliphatic carbocycles. The SMILES string of the molecule is CCN(CC)c1ccc(NC(=O)N(C(=O)OC(C)(C)C)C2CCc3ccccc3C2)c(C)c1. The van der Waals surface area contributed by atoms with E-state index in [0.717, 1.165) is 30.8 Å². The predicted molar refractivity (Wildman–Crippen MR) is 134 cm³/mol. The van der Waals surface area contributed by atoms with Crippen LogP contribution in [0.25, 0.3) is 0 Å². The highest BCUT2D eigenvalue weighted by Crippen LogP contribution is 2.28. The number of nitrogens with zero attached hydrogens (tertiary/aromatic N) is 2. The highest BCUT2D eigenvalue weighted by molar-refractivity contribution is 6.00. The number of amides is 3. The van der Waals surface area contributed by atoms with E-state index >= 15 is 0 Å². The zero-order valence-corrected chi connectivity index (χ0v) is 20.8. The van der Waals surface area contributed by atoms with Crippen LogP contribution in [0.15, 0.2) is 42.5 Å². The number of urea groups is 1. The minimum absolute atomic E-state index is 0.259. The number of anilines is 2. The minimum Gasteiger partial charge on any atom is -0.443 e. The Bertz CT molecular complexity index is 992. The first-order valence-electron chi connectivity index (χ1n) is 11.9. The molecular weight excluding hydrogens is 414 g/mol. The molecule has 0 radical (unpaired) electrons. The summed E-state index contributed by atoms with van der Waals surface area (Å²) in [7, 11) is 0. The molecule has 0 aliphatic heterocycles. The van der Waals surface area contributed by atoms with Gasteiger partial charge in [0.1, 0.15) is 5.60 Å². The average Bonchev–Trinajstić information content (AvgIpc) is 2.75. The molecule has 0 heterocycles. The Morgan fingerprint density at radius 3 is 2.33 bits per heavy atom. The van der Waals surface area contributed by atoms with Crippen LogP contribution in [-0.2, 0) is 17.6 Å². The lowest BCUT2D eigenvalue weighted by Gasteiger charge is -2.35. The molecule has 3 rings (SSSR count). The average molecular weight is 452 g/mol. The molecule has 33 heavy (non-hydrogen) atoms. The Morgan fingerprint density at radius 1 is 1.06 bits per heavy atom. The van der Waals surface area contributed by atoms with Crippen molar-refractivity contribution in [3.8, 4) is 0 Å². The van der Waals surface area contributed by atoms with E-state index in [1.54, 1.807) is 0 Å². The maximum absolute atomic E-state index is 13.4. The second-order valence-corrected chi connectivity index (χ2v) is 9.62. The van der Waals surface area contributed by atoms with Gasteiger partial charge in [-0.15, -0.1) is 0 Å². The lowest BCUT2D eigenvalue weighted by Crippen LogP contribution is -2.50. The molecule has 0 saturated heterocycles. The molecule has 1 N–H and O–H groups in total. The normalized spacial score (nSPS) is 15.4. The summed E-state index contributed by atoms with van der Waals surface area (Å²) in [6.45, 7) is 13.5. The van der Waals surface area contributed by atoms with Crippen molar-refractivity contribution in [3.05, 3.63) is 59.2 Å². The maximum Gasteiger partial charge on any atom is 0.418 e. The van der Waals surface area contributed by atoms with Crippen molar-refractivity contribution in [3.63, 3.8) is 0 Å². The number of nitrogens with one attached hydrogen (secondary N) is 1. The van der Waals surface area contributed by atoms with Gasteiger partial charge in [0.15, 0.2) is 0 Å². The molecule has 0 fully saturated rings. The third-order valence-corrected chi connectivity index (χ3v) is 6.08. The van der Waals surface area contributed by atoms with E-state index in [1.165, 1.54) is 16.0 Å². The Labute approximate surface area is 197 Å². The molecule has 1 unspecified atom stereocenters. The summed E-state index contributed by atoms with van der Waals surface area (Å²) in [5, 5.41) is 2.97. The van der Waals surface area contributed by atoms with Crippen LogP contribution in [0, 0.1) is 6.92 Å². The zero-order valence-electron chi connectivity index (χ0n) is 20.8. The van der Waals surface area contributed by atoms with Gasteiger partial charge in [-0.1, -0.05) is 24.3 Å². The second kappa shape index (κ2) is 10.3. The van der Waals surface area contributed by atoms with E-state index in [4.69, 9.17) is 4.74 Å². The highest BCUT2D eigenvalue weighted by Gasteiger charge is 2.35. The molecule has 0 saturated carbocycles. The number of hydrogen-bond acceptors (Lipinski definition) is 4.